The summed E-state index contributed by atoms with van der Waals surface area (Å²) < 4.78 is 16.6. The van der Waals surface area contributed by atoms with E-state index in [-0.39, 0.29) is 6.04 Å². The molecule has 0 amide bonds. The van der Waals surface area contributed by atoms with Crippen molar-refractivity contribution >= 4 is 11.4 Å². The van der Waals surface area contributed by atoms with Crippen molar-refractivity contribution in [1.82, 2.24) is 0 Å². The second-order valence-electron chi connectivity index (χ2n) is 5.24. The normalized spacial score (nSPS) is 15.2. The minimum Gasteiger partial charge on any atom is -0.486 e. The molecule has 0 radical (unpaired) electrons. The predicted octanol–water partition coefficient (Wildman–Crippen LogP) is 2.51. The molecule has 0 aliphatic carbocycles. The van der Waals surface area contributed by atoms with Gasteiger partial charge in [0, 0.05) is 18.7 Å². The standard InChI is InChI=1S/C15H24N2O3/c1-4-18-9-13(10(2)3)17-12-8-15-14(7-11(12)16)19-5-6-20-15/h7-8,10,13,17H,4-6,9,16H2,1-3H3. The lowest BCUT2D eigenvalue weighted by Crippen LogP contribution is -2.31. The van der Waals surface area contributed by atoms with E-state index in [9.17, 15) is 0 Å². The van der Waals surface area contributed by atoms with Gasteiger partial charge < -0.3 is 25.3 Å². The molecule has 0 spiro atoms. The third kappa shape index (κ3) is 3.48. The predicted molar refractivity (Wildman–Crippen MR) is 80.6 cm³/mol. The molecule has 0 fully saturated rings. The van der Waals surface area contributed by atoms with E-state index in [4.69, 9.17) is 19.9 Å². The maximum atomic E-state index is 6.08. The van der Waals surface area contributed by atoms with Crippen LogP contribution in [0.1, 0.15) is 20.8 Å². The molecule has 1 heterocycles. The Labute approximate surface area is 120 Å². The summed E-state index contributed by atoms with van der Waals surface area (Å²) in [6, 6.07) is 3.93. The van der Waals surface area contributed by atoms with E-state index in [2.05, 4.69) is 19.2 Å². The number of hydrogen-bond acceptors (Lipinski definition) is 5. The SMILES string of the molecule is CCOCC(Nc1cc2c(cc1N)OCCO2)C(C)C. The first kappa shape index (κ1) is 14.8. The van der Waals surface area contributed by atoms with Crippen LogP contribution in [0.5, 0.6) is 11.5 Å². The Balaban J connectivity index is 2.14. The maximum Gasteiger partial charge on any atom is 0.163 e. The summed E-state index contributed by atoms with van der Waals surface area (Å²) in [6.07, 6.45) is 0. The number of hydrogen-bond donors (Lipinski definition) is 2. The first-order chi connectivity index (χ1) is 9.61. The van der Waals surface area contributed by atoms with E-state index in [1.807, 2.05) is 19.1 Å². The van der Waals surface area contributed by atoms with Crippen LogP contribution >= 0.6 is 0 Å². The molecular formula is C15H24N2O3. The lowest BCUT2D eigenvalue weighted by atomic mass is 10.0. The Bertz CT molecular complexity index is 449. The minimum atomic E-state index is 0.208. The van der Waals surface area contributed by atoms with E-state index >= 15 is 0 Å². The zero-order valence-corrected chi connectivity index (χ0v) is 12.4. The highest BCUT2D eigenvalue weighted by molar-refractivity contribution is 5.72. The van der Waals surface area contributed by atoms with Gasteiger partial charge in [-0.15, -0.1) is 0 Å². The Hall–Kier alpha value is -1.62. The molecule has 1 aromatic rings. The molecule has 0 bridgehead atoms. The molecule has 112 valence electrons. The molecular weight excluding hydrogens is 256 g/mol. The van der Waals surface area contributed by atoms with Crippen molar-refractivity contribution < 1.29 is 14.2 Å². The Morgan fingerprint density at radius 2 is 1.90 bits per heavy atom. The van der Waals surface area contributed by atoms with Crippen LogP contribution in [0.25, 0.3) is 0 Å². The van der Waals surface area contributed by atoms with E-state index in [0.717, 1.165) is 11.4 Å². The van der Waals surface area contributed by atoms with Gasteiger partial charge in [0.2, 0.25) is 0 Å². The lowest BCUT2D eigenvalue weighted by molar-refractivity contribution is 0.127. The highest BCUT2D eigenvalue weighted by Crippen LogP contribution is 2.37. The minimum absolute atomic E-state index is 0.208. The zero-order valence-electron chi connectivity index (χ0n) is 12.4. The molecule has 5 heteroatoms. The molecule has 0 saturated heterocycles. The van der Waals surface area contributed by atoms with Gasteiger partial charge in [-0.05, 0) is 12.8 Å². The van der Waals surface area contributed by atoms with E-state index in [1.165, 1.54) is 0 Å². The fraction of sp³-hybridized carbons (Fsp3) is 0.600. The molecule has 5 nitrogen and oxygen atoms in total. The van der Waals surface area contributed by atoms with Crippen LogP contribution in [0.3, 0.4) is 0 Å². The topological polar surface area (TPSA) is 65.7 Å². The number of benzene rings is 1. The van der Waals surface area contributed by atoms with Crippen molar-refractivity contribution in [2.45, 2.75) is 26.8 Å². The average molecular weight is 280 g/mol. The molecule has 0 saturated carbocycles. The number of ether oxygens (including phenoxy) is 3. The number of nitrogens with two attached hydrogens (primary N) is 1. The van der Waals surface area contributed by atoms with Gasteiger partial charge in [-0.2, -0.15) is 0 Å². The second-order valence-corrected chi connectivity index (χ2v) is 5.24. The maximum absolute atomic E-state index is 6.08. The third-order valence-electron chi connectivity index (χ3n) is 3.36. The van der Waals surface area contributed by atoms with Crippen LogP contribution in [0.15, 0.2) is 12.1 Å². The van der Waals surface area contributed by atoms with E-state index in [1.54, 1.807) is 0 Å². The van der Waals surface area contributed by atoms with Crippen molar-refractivity contribution in [2.75, 3.05) is 37.5 Å². The van der Waals surface area contributed by atoms with E-state index < -0.39 is 0 Å². The van der Waals surface area contributed by atoms with Crippen LogP contribution in [-0.2, 0) is 4.74 Å². The van der Waals surface area contributed by atoms with Crippen molar-refractivity contribution in [2.24, 2.45) is 5.92 Å². The number of nitrogens with one attached hydrogen (secondary N) is 1. The van der Waals surface area contributed by atoms with Gasteiger partial charge in [0.15, 0.2) is 11.5 Å². The summed E-state index contributed by atoms with van der Waals surface area (Å²) in [4.78, 5) is 0. The molecule has 2 rings (SSSR count). The van der Waals surface area contributed by atoms with Gasteiger partial charge in [0.25, 0.3) is 0 Å². The van der Waals surface area contributed by atoms with Gasteiger partial charge in [-0.3, -0.25) is 0 Å². The quantitative estimate of drug-likeness (QED) is 0.784. The summed E-state index contributed by atoms with van der Waals surface area (Å²) in [6.45, 7) is 8.82. The van der Waals surface area contributed by atoms with Crippen molar-refractivity contribution in [1.29, 1.82) is 0 Å². The highest BCUT2D eigenvalue weighted by Gasteiger charge is 2.18. The summed E-state index contributed by atoms with van der Waals surface area (Å²) in [5.41, 5.74) is 7.61. The summed E-state index contributed by atoms with van der Waals surface area (Å²) in [5.74, 6) is 1.89. The number of nitrogen functional groups attached to an aromatic ring is 1. The zero-order chi connectivity index (χ0) is 14.5. The fourth-order valence-electron chi connectivity index (χ4n) is 2.07. The molecule has 1 aromatic carbocycles. The highest BCUT2D eigenvalue weighted by atomic mass is 16.6. The van der Waals surface area contributed by atoms with Crippen LogP contribution in [-0.4, -0.2) is 32.5 Å². The fourth-order valence-corrected chi connectivity index (χ4v) is 2.07. The first-order valence-electron chi connectivity index (χ1n) is 7.15. The third-order valence-corrected chi connectivity index (χ3v) is 3.36. The number of rotatable bonds is 6. The van der Waals surface area contributed by atoms with Crippen molar-refractivity contribution in [3.05, 3.63) is 12.1 Å². The van der Waals surface area contributed by atoms with Crippen LogP contribution < -0.4 is 20.5 Å². The molecule has 1 aliphatic heterocycles. The van der Waals surface area contributed by atoms with Gasteiger partial charge >= 0.3 is 0 Å². The Kier molecular flexibility index (Phi) is 4.95. The molecule has 20 heavy (non-hydrogen) atoms. The molecule has 0 aromatic heterocycles. The molecule has 3 N–H and O–H groups in total. The first-order valence-corrected chi connectivity index (χ1v) is 7.15. The van der Waals surface area contributed by atoms with Crippen molar-refractivity contribution in [3.8, 4) is 11.5 Å². The van der Waals surface area contributed by atoms with E-state index in [0.29, 0.717) is 43.8 Å². The smallest absolute Gasteiger partial charge is 0.163 e. The van der Waals surface area contributed by atoms with Gasteiger partial charge in [0.1, 0.15) is 13.2 Å². The van der Waals surface area contributed by atoms with Gasteiger partial charge in [-0.25, -0.2) is 0 Å². The Morgan fingerprint density at radius 1 is 1.25 bits per heavy atom. The second kappa shape index (κ2) is 6.70. The number of fused-ring (bicyclic) bond motifs is 1. The average Bonchev–Trinajstić information content (AvgIpc) is 2.43. The summed E-state index contributed by atoms with van der Waals surface area (Å²) in [7, 11) is 0. The monoisotopic (exact) mass is 280 g/mol. The molecule has 1 unspecified atom stereocenters. The molecule has 1 atom stereocenters. The van der Waals surface area contributed by atoms with Crippen LogP contribution in [0, 0.1) is 5.92 Å². The van der Waals surface area contributed by atoms with Crippen molar-refractivity contribution in [3.63, 3.8) is 0 Å². The largest absolute Gasteiger partial charge is 0.486 e. The van der Waals surface area contributed by atoms with Gasteiger partial charge in [0.05, 0.1) is 24.0 Å². The summed E-state index contributed by atoms with van der Waals surface area (Å²) in [5, 5.41) is 3.45. The van der Waals surface area contributed by atoms with Crippen LogP contribution in [0.4, 0.5) is 11.4 Å². The number of anilines is 2. The van der Waals surface area contributed by atoms with Crippen LogP contribution in [0.2, 0.25) is 0 Å². The Morgan fingerprint density at radius 3 is 2.50 bits per heavy atom. The van der Waals surface area contributed by atoms with Gasteiger partial charge in [-0.1, -0.05) is 13.8 Å². The lowest BCUT2D eigenvalue weighted by Gasteiger charge is -2.26. The molecule has 1 aliphatic rings. The summed E-state index contributed by atoms with van der Waals surface area (Å²) >= 11 is 0.